The SMILES string of the molecule is O=[N+]([O-])c1ccc(O)c(C=Nc2ccc(Oc3ccccc3)cc2)c1. The molecular weight excluding hydrogens is 320 g/mol. The van der Waals surface area contributed by atoms with E-state index in [0.717, 1.165) is 5.75 Å². The van der Waals surface area contributed by atoms with Crippen LogP contribution in [0.15, 0.2) is 77.8 Å². The monoisotopic (exact) mass is 334 g/mol. The number of rotatable bonds is 5. The van der Waals surface area contributed by atoms with Crippen LogP contribution in [-0.2, 0) is 0 Å². The van der Waals surface area contributed by atoms with E-state index in [9.17, 15) is 15.2 Å². The molecule has 0 amide bonds. The summed E-state index contributed by atoms with van der Waals surface area (Å²) in [6.07, 6.45) is 1.38. The fraction of sp³-hybridized carbons (Fsp3) is 0. The van der Waals surface area contributed by atoms with Crippen molar-refractivity contribution in [3.05, 3.63) is 88.5 Å². The van der Waals surface area contributed by atoms with Crippen LogP contribution in [0.5, 0.6) is 17.2 Å². The first-order chi connectivity index (χ1) is 12.1. The number of non-ortho nitro benzene ring substituents is 1. The molecule has 0 bridgehead atoms. The summed E-state index contributed by atoms with van der Waals surface area (Å²) in [5.41, 5.74) is 0.802. The van der Waals surface area contributed by atoms with Crippen molar-refractivity contribution >= 4 is 17.6 Å². The average molecular weight is 334 g/mol. The topological polar surface area (TPSA) is 85.0 Å². The molecule has 6 nitrogen and oxygen atoms in total. The highest BCUT2D eigenvalue weighted by Gasteiger charge is 2.08. The fourth-order valence-corrected chi connectivity index (χ4v) is 2.13. The highest BCUT2D eigenvalue weighted by molar-refractivity contribution is 5.86. The van der Waals surface area contributed by atoms with E-state index in [0.29, 0.717) is 11.4 Å². The number of nitro groups is 1. The number of aromatic hydroxyl groups is 1. The Morgan fingerprint density at radius 1 is 0.960 bits per heavy atom. The standard InChI is InChI=1S/C19H14N2O4/c22-19-11-8-16(21(23)24)12-14(19)13-20-15-6-9-18(10-7-15)25-17-4-2-1-3-5-17/h1-13,22H. The second-order valence-corrected chi connectivity index (χ2v) is 5.17. The Balaban J connectivity index is 1.74. The molecule has 0 spiro atoms. The maximum Gasteiger partial charge on any atom is 0.270 e. The minimum atomic E-state index is -0.521. The van der Waals surface area contributed by atoms with Crippen molar-refractivity contribution in [3.8, 4) is 17.2 Å². The molecule has 6 heteroatoms. The molecule has 0 aromatic heterocycles. The van der Waals surface area contributed by atoms with E-state index in [2.05, 4.69) is 4.99 Å². The quantitative estimate of drug-likeness (QED) is 0.411. The molecule has 25 heavy (non-hydrogen) atoms. The molecule has 3 aromatic rings. The lowest BCUT2D eigenvalue weighted by Gasteiger charge is -2.05. The van der Waals surface area contributed by atoms with Crippen LogP contribution in [-0.4, -0.2) is 16.2 Å². The van der Waals surface area contributed by atoms with E-state index in [1.54, 1.807) is 24.3 Å². The van der Waals surface area contributed by atoms with Gasteiger partial charge < -0.3 is 9.84 Å². The summed E-state index contributed by atoms with van der Waals surface area (Å²) in [6.45, 7) is 0. The second kappa shape index (κ2) is 7.27. The fourth-order valence-electron chi connectivity index (χ4n) is 2.13. The smallest absolute Gasteiger partial charge is 0.270 e. The van der Waals surface area contributed by atoms with Gasteiger partial charge in [-0.1, -0.05) is 18.2 Å². The van der Waals surface area contributed by atoms with E-state index in [4.69, 9.17) is 4.74 Å². The van der Waals surface area contributed by atoms with Crippen LogP contribution >= 0.6 is 0 Å². The van der Waals surface area contributed by atoms with Crippen LogP contribution in [0.1, 0.15) is 5.56 Å². The number of hydrogen-bond donors (Lipinski definition) is 1. The Morgan fingerprint density at radius 2 is 1.64 bits per heavy atom. The van der Waals surface area contributed by atoms with Crippen molar-refractivity contribution in [2.75, 3.05) is 0 Å². The van der Waals surface area contributed by atoms with Crippen LogP contribution in [0.4, 0.5) is 11.4 Å². The molecule has 0 heterocycles. The third kappa shape index (κ3) is 4.20. The first-order valence-electron chi connectivity index (χ1n) is 7.46. The molecule has 0 radical (unpaired) electrons. The summed E-state index contributed by atoms with van der Waals surface area (Å²) < 4.78 is 5.69. The predicted octanol–water partition coefficient (Wildman–Crippen LogP) is 4.84. The van der Waals surface area contributed by atoms with Crippen LogP contribution in [0.3, 0.4) is 0 Å². The lowest BCUT2D eigenvalue weighted by atomic mass is 10.2. The normalized spacial score (nSPS) is 10.7. The van der Waals surface area contributed by atoms with Crippen LogP contribution < -0.4 is 4.74 Å². The number of para-hydroxylation sites is 1. The van der Waals surface area contributed by atoms with Crippen molar-refractivity contribution in [2.45, 2.75) is 0 Å². The molecule has 1 N–H and O–H groups in total. The molecule has 3 rings (SSSR count). The Kier molecular flexibility index (Phi) is 4.71. The summed E-state index contributed by atoms with van der Waals surface area (Å²) in [6, 6.07) is 20.2. The summed E-state index contributed by atoms with van der Waals surface area (Å²) in [7, 11) is 0. The Labute approximate surface area is 143 Å². The van der Waals surface area contributed by atoms with Crippen molar-refractivity contribution in [2.24, 2.45) is 4.99 Å². The van der Waals surface area contributed by atoms with E-state index in [1.807, 2.05) is 30.3 Å². The highest BCUT2D eigenvalue weighted by atomic mass is 16.6. The Morgan fingerprint density at radius 3 is 2.32 bits per heavy atom. The maximum absolute atomic E-state index is 10.8. The van der Waals surface area contributed by atoms with Gasteiger partial charge in [-0.05, 0) is 42.5 Å². The molecule has 0 unspecified atom stereocenters. The van der Waals surface area contributed by atoms with Crippen molar-refractivity contribution in [1.82, 2.24) is 0 Å². The van der Waals surface area contributed by atoms with Gasteiger partial charge in [0.05, 0.1) is 10.6 Å². The molecule has 124 valence electrons. The summed E-state index contributed by atoms with van der Waals surface area (Å²) in [4.78, 5) is 14.5. The van der Waals surface area contributed by atoms with Gasteiger partial charge in [0.2, 0.25) is 0 Å². The molecular formula is C19H14N2O4. The zero-order valence-electron chi connectivity index (χ0n) is 13.1. The molecule has 0 aliphatic carbocycles. The van der Waals surface area contributed by atoms with Crippen LogP contribution in [0.2, 0.25) is 0 Å². The third-order valence-corrected chi connectivity index (χ3v) is 3.39. The van der Waals surface area contributed by atoms with Gasteiger partial charge >= 0.3 is 0 Å². The van der Waals surface area contributed by atoms with E-state index >= 15 is 0 Å². The first-order valence-corrected chi connectivity index (χ1v) is 7.46. The van der Waals surface area contributed by atoms with Gasteiger partial charge in [0, 0.05) is 23.9 Å². The van der Waals surface area contributed by atoms with Crippen molar-refractivity contribution in [3.63, 3.8) is 0 Å². The molecule has 0 aliphatic rings. The van der Waals surface area contributed by atoms with Gasteiger partial charge in [-0.25, -0.2) is 0 Å². The lowest BCUT2D eigenvalue weighted by molar-refractivity contribution is -0.384. The van der Waals surface area contributed by atoms with E-state index in [-0.39, 0.29) is 17.0 Å². The van der Waals surface area contributed by atoms with Crippen molar-refractivity contribution in [1.29, 1.82) is 0 Å². The molecule has 0 fully saturated rings. The van der Waals surface area contributed by atoms with E-state index < -0.39 is 4.92 Å². The Hall–Kier alpha value is -3.67. The molecule has 3 aromatic carbocycles. The predicted molar refractivity (Wildman–Crippen MR) is 95.0 cm³/mol. The van der Waals surface area contributed by atoms with E-state index in [1.165, 1.54) is 24.4 Å². The number of phenolic OH excluding ortho intramolecular Hbond substituents is 1. The highest BCUT2D eigenvalue weighted by Crippen LogP contribution is 2.25. The molecule has 0 aliphatic heterocycles. The van der Waals surface area contributed by atoms with Crippen LogP contribution in [0, 0.1) is 10.1 Å². The maximum atomic E-state index is 10.8. The van der Waals surface area contributed by atoms with Crippen LogP contribution in [0.25, 0.3) is 0 Å². The molecule has 0 saturated heterocycles. The lowest BCUT2D eigenvalue weighted by Crippen LogP contribution is -1.90. The summed E-state index contributed by atoms with van der Waals surface area (Å²) in [5.74, 6) is 1.34. The first kappa shape index (κ1) is 16.2. The second-order valence-electron chi connectivity index (χ2n) is 5.17. The molecule has 0 atom stereocenters. The average Bonchev–Trinajstić information content (AvgIpc) is 2.63. The zero-order chi connectivity index (χ0) is 17.6. The van der Waals surface area contributed by atoms with Gasteiger partial charge in [-0.15, -0.1) is 0 Å². The van der Waals surface area contributed by atoms with Gasteiger partial charge in [-0.2, -0.15) is 0 Å². The number of ether oxygens (including phenoxy) is 1. The van der Waals surface area contributed by atoms with Gasteiger partial charge in [0.1, 0.15) is 17.2 Å². The minimum Gasteiger partial charge on any atom is -0.507 e. The third-order valence-electron chi connectivity index (χ3n) is 3.39. The van der Waals surface area contributed by atoms with Gasteiger partial charge in [-0.3, -0.25) is 15.1 Å². The zero-order valence-corrected chi connectivity index (χ0v) is 13.1. The minimum absolute atomic E-state index is 0.0709. The summed E-state index contributed by atoms with van der Waals surface area (Å²) in [5, 5.41) is 20.6. The number of hydrogen-bond acceptors (Lipinski definition) is 5. The Bertz CT molecular complexity index is 906. The number of benzene rings is 3. The number of nitro benzene ring substituents is 1. The van der Waals surface area contributed by atoms with Gasteiger partial charge in [0.15, 0.2) is 0 Å². The number of aliphatic imine (C=N–C) groups is 1. The number of phenols is 1. The number of nitrogens with zero attached hydrogens (tertiary/aromatic N) is 2. The van der Waals surface area contributed by atoms with Crippen molar-refractivity contribution < 1.29 is 14.8 Å². The largest absolute Gasteiger partial charge is 0.507 e. The van der Waals surface area contributed by atoms with Gasteiger partial charge in [0.25, 0.3) is 5.69 Å². The summed E-state index contributed by atoms with van der Waals surface area (Å²) >= 11 is 0. The molecule has 0 saturated carbocycles.